The first kappa shape index (κ1) is 14.0. The summed E-state index contributed by atoms with van der Waals surface area (Å²) in [4.78, 5) is 9.82. The average Bonchev–Trinajstić information content (AvgIpc) is 2.45. The van der Waals surface area contributed by atoms with Crippen molar-refractivity contribution in [2.45, 2.75) is 19.9 Å². The average molecular weight is 274 g/mol. The third kappa shape index (κ3) is 3.12. The zero-order valence-electron chi connectivity index (χ0n) is 11.1. The summed E-state index contributed by atoms with van der Waals surface area (Å²) in [5, 5.41) is 13.8. The van der Waals surface area contributed by atoms with Gasteiger partial charge in [-0.05, 0) is 29.7 Å². The van der Waals surface area contributed by atoms with Crippen LogP contribution in [0.25, 0.3) is 0 Å². The van der Waals surface area contributed by atoms with Crippen LogP contribution >= 0.6 is 0 Å². The maximum absolute atomic E-state index is 13.5. The van der Waals surface area contributed by atoms with Crippen LogP contribution in [-0.4, -0.2) is 4.92 Å². The van der Waals surface area contributed by atoms with E-state index in [-0.39, 0.29) is 0 Å². The number of hydrogen-bond donors (Lipinski definition) is 1. The molecule has 0 heterocycles. The Hall–Kier alpha value is -2.43. The van der Waals surface area contributed by atoms with Crippen molar-refractivity contribution in [3.05, 3.63) is 69.5 Å². The Morgan fingerprint density at radius 1 is 1.25 bits per heavy atom. The molecule has 5 heteroatoms. The van der Waals surface area contributed by atoms with E-state index in [0.717, 1.165) is 12.1 Å². The third-order valence-corrected chi connectivity index (χ3v) is 3.09. The molecule has 0 bridgehead atoms. The number of benzene rings is 2. The van der Waals surface area contributed by atoms with Crippen molar-refractivity contribution in [3.8, 4) is 0 Å². The summed E-state index contributed by atoms with van der Waals surface area (Å²) < 4.78 is 13.5. The predicted octanol–water partition coefficient (Wildman–Crippen LogP) is 3.91. The number of rotatable bonds is 5. The molecular formula is C15H15FN2O2. The Balaban J connectivity index is 2.11. The molecule has 2 aromatic carbocycles. The molecule has 0 fully saturated rings. The molecule has 0 saturated heterocycles. The largest absolute Gasteiger partial charge is 0.381 e. The fourth-order valence-corrected chi connectivity index (χ4v) is 2.01. The molecule has 0 radical (unpaired) electrons. The quantitative estimate of drug-likeness (QED) is 0.664. The molecule has 1 N–H and O–H groups in total. The first-order valence-electron chi connectivity index (χ1n) is 6.36. The molecule has 4 nitrogen and oxygen atoms in total. The molecule has 0 aliphatic rings. The lowest BCUT2D eigenvalue weighted by Crippen LogP contribution is -2.03. The maximum Gasteiger partial charge on any atom is 0.304 e. The molecule has 2 aromatic rings. The second-order valence-electron chi connectivity index (χ2n) is 4.41. The SMILES string of the molecule is CCc1ccccc1NCc1ccc([N+](=O)[O-])c(F)c1. The van der Waals surface area contributed by atoms with E-state index in [1.54, 1.807) is 6.07 Å². The molecule has 0 saturated carbocycles. The van der Waals surface area contributed by atoms with Crippen LogP contribution in [0.15, 0.2) is 42.5 Å². The normalized spacial score (nSPS) is 10.3. The Kier molecular flexibility index (Phi) is 4.30. The van der Waals surface area contributed by atoms with Crippen molar-refractivity contribution in [1.29, 1.82) is 0 Å². The number of aryl methyl sites for hydroxylation is 1. The van der Waals surface area contributed by atoms with Gasteiger partial charge < -0.3 is 5.32 Å². The number of nitrogens with zero attached hydrogens (tertiary/aromatic N) is 1. The van der Waals surface area contributed by atoms with Gasteiger partial charge in [-0.25, -0.2) is 0 Å². The van der Waals surface area contributed by atoms with Crippen LogP contribution in [0.3, 0.4) is 0 Å². The first-order valence-corrected chi connectivity index (χ1v) is 6.36. The lowest BCUT2D eigenvalue weighted by molar-refractivity contribution is -0.387. The topological polar surface area (TPSA) is 55.2 Å². The van der Waals surface area contributed by atoms with Crippen molar-refractivity contribution in [1.82, 2.24) is 0 Å². The first-order chi connectivity index (χ1) is 9.61. The maximum atomic E-state index is 13.5. The Bertz CT molecular complexity index is 629. The van der Waals surface area contributed by atoms with Gasteiger partial charge in [-0.15, -0.1) is 0 Å². The van der Waals surface area contributed by atoms with Crippen LogP contribution in [0.4, 0.5) is 15.8 Å². The zero-order chi connectivity index (χ0) is 14.5. The van der Waals surface area contributed by atoms with E-state index in [2.05, 4.69) is 12.2 Å². The Labute approximate surface area is 116 Å². The third-order valence-electron chi connectivity index (χ3n) is 3.09. The monoisotopic (exact) mass is 274 g/mol. The molecule has 0 unspecified atom stereocenters. The van der Waals surface area contributed by atoms with Gasteiger partial charge in [0, 0.05) is 18.3 Å². The highest BCUT2D eigenvalue weighted by molar-refractivity contribution is 5.51. The minimum Gasteiger partial charge on any atom is -0.381 e. The standard InChI is InChI=1S/C15H15FN2O2/c1-2-12-5-3-4-6-14(12)17-10-11-7-8-15(18(19)20)13(16)9-11/h3-9,17H,2,10H2,1H3. The molecular weight excluding hydrogens is 259 g/mol. The number of halogens is 1. The molecule has 0 aliphatic carbocycles. The minimum absolute atomic E-state index is 0.423. The lowest BCUT2D eigenvalue weighted by atomic mass is 10.1. The van der Waals surface area contributed by atoms with E-state index in [1.165, 1.54) is 17.7 Å². The van der Waals surface area contributed by atoms with E-state index >= 15 is 0 Å². The molecule has 0 atom stereocenters. The van der Waals surface area contributed by atoms with Gasteiger partial charge in [0.2, 0.25) is 5.82 Å². The number of para-hydroxylation sites is 1. The predicted molar refractivity (Wildman–Crippen MR) is 76.2 cm³/mol. The van der Waals surface area contributed by atoms with Gasteiger partial charge in [-0.1, -0.05) is 31.2 Å². The zero-order valence-corrected chi connectivity index (χ0v) is 11.1. The summed E-state index contributed by atoms with van der Waals surface area (Å²) in [6, 6.07) is 11.8. The highest BCUT2D eigenvalue weighted by Crippen LogP contribution is 2.20. The number of nitro benzene ring substituents is 1. The second kappa shape index (κ2) is 6.14. The molecule has 0 aliphatic heterocycles. The summed E-state index contributed by atoms with van der Waals surface area (Å²) in [7, 11) is 0. The summed E-state index contributed by atoms with van der Waals surface area (Å²) >= 11 is 0. The van der Waals surface area contributed by atoms with E-state index < -0.39 is 16.4 Å². The lowest BCUT2D eigenvalue weighted by Gasteiger charge is -2.10. The Morgan fingerprint density at radius 2 is 2.00 bits per heavy atom. The Morgan fingerprint density at radius 3 is 2.65 bits per heavy atom. The number of anilines is 1. The van der Waals surface area contributed by atoms with Gasteiger partial charge in [-0.3, -0.25) is 10.1 Å². The summed E-state index contributed by atoms with van der Waals surface area (Å²) in [5.41, 5.74) is 2.34. The van der Waals surface area contributed by atoms with Crippen molar-refractivity contribution in [3.63, 3.8) is 0 Å². The van der Waals surface area contributed by atoms with E-state index in [1.807, 2.05) is 24.3 Å². The molecule has 0 spiro atoms. The fourth-order valence-electron chi connectivity index (χ4n) is 2.01. The van der Waals surface area contributed by atoms with Gasteiger partial charge in [0.15, 0.2) is 0 Å². The molecule has 20 heavy (non-hydrogen) atoms. The van der Waals surface area contributed by atoms with Crippen LogP contribution in [0.2, 0.25) is 0 Å². The smallest absolute Gasteiger partial charge is 0.304 e. The second-order valence-corrected chi connectivity index (χ2v) is 4.41. The van der Waals surface area contributed by atoms with E-state index in [9.17, 15) is 14.5 Å². The van der Waals surface area contributed by atoms with Crippen LogP contribution in [0.5, 0.6) is 0 Å². The summed E-state index contributed by atoms with van der Waals surface area (Å²) in [6.45, 7) is 2.48. The van der Waals surface area contributed by atoms with Crippen LogP contribution < -0.4 is 5.32 Å². The van der Waals surface area contributed by atoms with E-state index in [0.29, 0.717) is 12.1 Å². The van der Waals surface area contributed by atoms with Crippen LogP contribution in [0.1, 0.15) is 18.1 Å². The summed E-state index contributed by atoms with van der Waals surface area (Å²) in [5.74, 6) is -0.807. The molecule has 0 aromatic heterocycles. The van der Waals surface area contributed by atoms with Gasteiger partial charge in [-0.2, -0.15) is 4.39 Å². The minimum atomic E-state index is -0.807. The molecule has 0 amide bonds. The fraction of sp³-hybridized carbons (Fsp3) is 0.200. The summed E-state index contributed by atoms with van der Waals surface area (Å²) in [6.07, 6.45) is 0.901. The van der Waals surface area contributed by atoms with Crippen molar-refractivity contribution in [2.75, 3.05) is 5.32 Å². The van der Waals surface area contributed by atoms with Crippen LogP contribution in [0, 0.1) is 15.9 Å². The van der Waals surface area contributed by atoms with Gasteiger partial charge >= 0.3 is 5.69 Å². The van der Waals surface area contributed by atoms with Crippen molar-refractivity contribution < 1.29 is 9.31 Å². The highest BCUT2D eigenvalue weighted by Gasteiger charge is 2.13. The van der Waals surface area contributed by atoms with Gasteiger partial charge in [0.25, 0.3) is 0 Å². The van der Waals surface area contributed by atoms with Gasteiger partial charge in [0.1, 0.15) is 0 Å². The van der Waals surface area contributed by atoms with Crippen LogP contribution in [-0.2, 0) is 13.0 Å². The number of nitrogens with one attached hydrogen (secondary N) is 1. The number of nitro groups is 1. The van der Waals surface area contributed by atoms with E-state index in [4.69, 9.17) is 0 Å². The molecule has 104 valence electrons. The number of hydrogen-bond acceptors (Lipinski definition) is 3. The highest BCUT2D eigenvalue weighted by atomic mass is 19.1. The van der Waals surface area contributed by atoms with Crippen molar-refractivity contribution >= 4 is 11.4 Å². The van der Waals surface area contributed by atoms with Gasteiger partial charge in [0.05, 0.1) is 4.92 Å². The molecule has 2 rings (SSSR count). The van der Waals surface area contributed by atoms with Crippen molar-refractivity contribution in [2.24, 2.45) is 0 Å².